The van der Waals surface area contributed by atoms with Gasteiger partial charge in [-0.1, -0.05) is 18.2 Å². The van der Waals surface area contributed by atoms with Crippen molar-refractivity contribution in [2.24, 2.45) is 0 Å². The average Bonchev–Trinajstić information content (AvgIpc) is 3.14. The van der Waals surface area contributed by atoms with Crippen molar-refractivity contribution >= 4 is 50.9 Å². The summed E-state index contributed by atoms with van der Waals surface area (Å²) >= 11 is 1.08. The fourth-order valence-corrected chi connectivity index (χ4v) is 4.59. The summed E-state index contributed by atoms with van der Waals surface area (Å²) in [6, 6.07) is 13.5. The summed E-state index contributed by atoms with van der Waals surface area (Å²) in [5, 5.41) is 0.966. The second kappa shape index (κ2) is 10.9. The first-order valence-corrected chi connectivity index (χ1v) is 12.6. The van der Waals surface area contributed by atoms with Gasteiger partial charge < -0.3 is 18.4 Å². The van der Waals surface area contributed by atoms with Gasteiger partial charge in [-0.15, -0.1) is 4.72 Å². The number of benzene rings is 2. The van der Waals surface area contributed by atoms with Gasteiger partial charge in [0.1, 0.15) is 28.4 Å². The molecule has 0 radical (unpaired) electrons. The number of esters is 1. The van der Waals surface area contributed by atoms with E-state index in [1.165, 1.54) is 0 Å². The van der Waals surface area contributed by atoms with E-state index in [1.807, 2.05) is 63.2 Å². The topological polar surface area (TPSA) is 83.8 Å². The number of rotatable bonds is 9. The molecular weight excluding hydrogens is 541 g/mol. The Bertz CT molecular complexity index is 1080. The molecule has 0 fully saturated rings. The molecule has 3 rings (SSSR count). The third kappa shape index (κ3) is 6.63. The predicted molar refractivity (Wildman–Crippen MR) is 135 cm³/mol. The Morgan fingerprint density at radius 1 is 1.22 bits per heavy atom. The van der Waals surface area contributed by atoms with Crippen molar-refractivity contribution < 1.29 is 23.2 Å². The molecule has 172 valence electrons. The monoisotopic (exact) mass is 569 g/mol. The average molecular weight is 569 g/mol. The summed E-state index contributed by atoms with van der Waals surface area (Å²) in [6.07, 6.45) is 0.175. The van der Waals surface area contributed by atoms with E-state index in [1.54, 1.807) is 6.92 Å². The van der Waals surface area contributed by atoms with Crippen molar-refractivity contribution in [3.05, 3.63) is 62.9 Å². The molecule has 0 saturated carbocycles. The molecule has 2 aromatic carbocycles. The number of hydrogen-bond donors (Lipinski definition) is 1. The first-order chi connectivity index (χ1) is 15.2. The van der Waals surface area contributed by atoms with Gasteiger partial charge in [0.25, 0.3) is 0 Å². The second-order valence-electron chi connectivity index (χ2n) is 8.29. The van der Waals surface area contributed by atoms with Crippen LogP contribution in [0.15, 0.2) is 46.9 Å². The lowest BCUT2D eigenvalue weighted by molar-refractivity contribution is -0.142. The Morgan fingerprint density at radius 2 is 1.97 bits per heavy atom. The van der Waals surface area contributed by atoms with Gasteiger partial charge in [-0.3, -0.25) is 4.79 Å². The van der Waals surface area contributed by atoms with E-state index in [0.29, 0.717) is 25.5 Å². The van der Waals surface area contributed by atoms with Gasteiger partial charge in [-0.2, -0.15) is 0 Å². The summed E-state index contributed by atoms with van der Waals surface area (Å²) < 4.78 is 33.0. The van der Waals surface area contributed by atoms with Gasteiger partial charge in [0, 0.05) is 22.3 Å². The first-order valence-electron chi connectivity index (χ1n) is 10.4. The zero-order chi connectivity index (χ0) is 23.3. The fourth-order valence-electron chi connectivity index (χ4n) is 3.06. The Labute approximate surface area is 205 Å². The Kier molecular flexibility index (Phi) is 8.49. The van der Waals surface area contributed by atoms with Gasteiger partial charge in [-0.25, -0.2) is 0 Å². The third-order valence-electron chi connectivity index (χ3n) is 4.62. The largest absolute Gasteiger partial charge is 0.598 e. The van der Waals surface area contributed by atoms with Gasteiger partial charge >= 0.3 is 5.97 Å². The molecule has 0 unspecified atom stereocenters. The Morgan fingerprint density at radius 3 is 2.69 bits per heavy atom. The lowest BCUT2D eigenvalue weighted by Gasteiger charge is -2.23. The van der Waals surface area contributed by atoms with Crippen LogP contribution in [0.1, 0.15) is 44.6 Å². The van der Waals surface area contributed by atoms with E-state index in [-0.39, 0.29) is 17.1 Å². The molecule has 0 aliphatic rings. The van der Waals surface area contributed by atoms with Crippen molar-refractivity contribution in [1.82, 2.24) is 4.72 Å². The van der Waals surface area contributed by atoms with Crippen LogP contribution in [0.2, 0.25) is 0 Å². The molecular formula is C24H28INO5S. The van der Waals surface area contributed by atoms with Crippen molar-refractivity contribution in [3.63, 3.8) is 0 Å². The van der Waals surface area contributed by atoms with Crippen LogP contribution >= 0.6 is 22.6 Å². The van der Waals surface area contributed by atoms with Crippen molar-refractivity contribution in [3.8, 4) is 5.75 Å². The molecule has 0 amide bonds. The zero-order valence-electron chi connectivity index (χ0n) is 18.7. The second-order valence-corrected chi connectivity index (χ2v) is 11.5. The standard InChI is InChI=1S/C24H28INO5S/c1-5-29-22(27)13-17-8-6-7-9-21(17)30-15-16-10-18-12-19(31-23(18)20(25)11-16)14-26-32(28)24(2,3)4/h6-12,26H,5,13-15H2,1-4H3/t32-/m1/s1. The summed E-state index contributed by atoms with van der Waals surface area (Å²) in [5.41, 5.74) is 2.59. The smallest absolute Gasteiger partial charge is 0.310 e. The van der Waals surface area contributed by atoms with Crippen LogP contribution in [-0.4, -0.2) is 21.9 Å². The van der Waals surface area contributed by atoms with Crippen LogP contribution in [-0.2, 0) is 40.5 Å². The molecule has 0 aliphatic carbocycles. The molecule has 0 spiro atoms. The number of halogens is 1. The van der Waals surface area contributed by atoms with Gasteiger partial charge in [0.15, 0.2) is 0 Å². The normalized spacial score (nSPS) is 12.7. The Balaban J connectivity index is 1.71. The first kappa shape index (κ1) is 24.9. The highest BCUT2D eigenvalue weighted by Crippen LogP contribution is 2.28. The minimum atomic E-state index is -1.17. The molecule has 0 bridgehead atoms. The number of carbonyl (C=O) groups excluding carboxylic acids is 1. The van der Waals surface area contributed by atoms with Gasteiger partial charge in [0.05, 0.1) is 23.1 Å². The number of carbonyl (C=O) groups is 1. The molecule has 1 aromatic heterocycles. The van der Waals surface area contributed by atoms with Crippen molar-refractivity contribution in [1.29, 1.82) is 0 Å². The summed E-state index contributed by atoms with van der Waals surface area (Å²) in [4.78, 5) is 11.9. The third-order valence-corrected chi connectivity index (χ3v) is 6.94. The highest BCUT2D eigenvalue weighted by atomic mass is 127. The predicted octanol–water partition coefficient (Wildman–Crippen LogP) is 5.27. The minimum absolute atomic E-state index is 0.175. The molecule has 1 heterocycles. The lowest BCUT2D eigenvalue weighted by atomic mass is 10.1. The van der Waals surface area contributed by atoms with E-state index >= 15 is 0 Å². The highest BCUT2D eigenvalue weighted by Gasteiger charge is 2.26. The number of hydrogen-bond acceptors (Lipinski definition) is 6. The Hall–Kier alpha value is -1.75. The van der Waals surface area contributed by atoms with Gasteiger partial charge in [0.2, 0.25) is 0 Å². The zero-order valence-corrected chi connectivity index (χ0v) is 21.7. The molecule has 6 nitrogen and oxygen atoms in total. The molecule has 8 heteroatoms. The summed E-state index contributed by atoms with van der Waals surface area (Å²) in [6.45, 7) is 8.67. The quantitative estimate of drug-likeness (QED) is 0.215. The van der Waals surface area contributed by atoms with Crippen molar-refractivity contribution in [2.45, 2.75) is 52.0 Å². The van der Waals surface area contributed by atoms with Crippen LogP contribution in [0.3, 0.4) is 0 Å². The van der Waals surface area contributed by atoms with Crippen LogP contribution < -0.4 is 9.46 Å². The maximum Gasteiger partial charge on any atom is 0.310 e. The summed E-state index contributed by atoms with van der Waals surface area (Å²) in [5.74, 6) is 1.12. The molecule has 1 N–H and O–H groups in total. The maximum absolute atomic E-state index is 12.2. The number of nitrogens with one attached hydrogen (secondary N) is 1. The lowest BCUT2D eigenvalue weighted by Crippen LogP contribution is -2.38. The molecule has 32 heavy (non-hydrogen) atoms. The number of para-hydroxylation sites is 1. The van der Waals surface area contributed by atoms with E-state index in [9.17, 15) is 9.35 Å². The van der Waals surface area contributed by atoms with E-state index in [2.05, 4.69) is 27.3 Å². The SMILES string of the molecule is CCOC(=O)Cc1ccccc1OCc1cc(I)c2oc(CN[S@+]([O-])C(C)(C)C)cc2c1. The number of furan rings is 1. The van der Waals surface area contributed by atoms with Crippen LogP contribution in [0.4, 0.5) is 0 Å². The van der Waals surface area contributed by atoms with E-state index in [0.717, 1.165) is 31.4 Å². The van der Waals surface area contributed by atoms with Crippen molar-refractivity contribution in [2.75, 3.05) is 6.61 Å². The number of fused-ring (bicyclic) bond motifs is 1. The molecule has 3 aromatic rings. The highest BCUT2D eigenvalue weighted by molar-refractivity contribution is 14.1. The molecule has 1 atom stereocenters. The molecule has 0 aliphatic heterocycles. The number of ether oxygens (including phenoxy) is 2. The molecule has 0 saturated heterocycles. The maximum atomic E-state index is 12.2. The van der Waals surface area contributed by atoms with E-state index < -0.39 is 11.4 Å². The summed E-state index contributed by atoms with van der Waals surface area (Å²) in [7, 11) is 0. The van der Waals surface area contributed by atoms with Crippen LogP contribution in [0, 0.1) is 3.57 Å². The van der Waals surface area contributed by atoms with Crippen LogP contribution in [0.5, 0.6) is 5.75 Å². The van der Waals surface area contributed by atoms with E-state index in [4.69, 9.17) is 13.9 Å². The van der Waals surface area contributed by atoms with Crippen LogP contribution in [0.25, 0.3) is 11.0 Å². The van der Waals surface area contributed by atoms with Gasteiger partial charge in [-0.05, 0) is 80.1 Å². The fraction of sp³-hybridized carbons (Fsp3) is 0.375. The minimum Gasteiger partial charge on any atom is -0.598 e.